The molecule has 1 N–H and O–H groups in total. The lowest BCUT2D eigenvalue weighted by Crippen LogP contribution is -2.50. The predicted octanol–water partition coefficient (Wildman–Crippen LogP) is 3.22. The topological polar surface area (TPSA) is 71.1 Å². The highest BCUT2D eigenvalue weighted by Gasteiger charge is 2.24. The molecule has 1 saturated heterocycles. The van der Waals surface area contributed by atoms with Crippen LogP contribution in [0.25, 0.3) is 0 Å². The van der Waals surface area contributed by atoms with Crippen molar-refractivity contribution in [3.63, 3.8) is 0 Å². The molecule has 32 heavy (non-hydrogen) atoms. The van der Waals surface area contributed by atoms with Crippen molar-refractivity contribution in [2.45, 2.75) is 13.3 Å². The van der Waals surface area contributed by atoms with E-state index in [1.807, 2.05) is 24.3 Å². The van der Waals surface area contributed by atoms with Crippen LogP contribution in [0.15, 0.2) is 55.1 Å². The van der Waals surface area contributed by atoms with E-state index in [0.717, 1.165) is 17.7 Å². The summed E-state index contributed by atoms with van der Waals surface area (Å²) < 4.78 is 10.9. The number of nitrogens with one attached hydrogen (secondary N) is 1. The van der Waals surface area contributed by atoms with E-state index < -0.39 is 0 Å². The lowest BCUT2D eigenvalue weighted by Gasteiger charge is -2.34. The summed E-state index contributed by atoms with van der Waals surface area (Å²) in [7, 11) is 1.55. The van der Waals surface area contributed by atoms with Crippen LogP contribution in [0.1, 0.15) is 22.8 Å². The summed E-state index contributed by atoms with van der Waals surface area (Å²) in [4.78, 5) is 29.3. The summed E-state index contributed by atoms with van der Waals surface area (Å²) in [5.41, 5.74) is 2.53. The fraction of sp³-hybridized carbons (Fsp3) is 0.360. The van der Waals surface area contributed by atoms with E-state index in [1.165, 1.54) is 0 Å². The van der Waals surface area contributed by atoms with Crippen molar-refractivity contribution in [1.82, 2.24) is 9.80 Å². The first-order valence-electron chi connectivity index (χ1n) is 10.9. The van der Waals surface area contributed by atoms with Gasteiger partial charge in [-0.3, -0.25) is 14.5 Å². The molecule has 7 nitrogen and oxygen atoms in total. The van der Waals surface area contributed by atoms with Crippen LogP contribution in [0.3, 0.4) is 0 Å². The number of carbonyl (C=O) groups is 2. The Morgan fingerprint density at radius 1 is 1.09 bits per heavy atom. The molecule has 1 aliphatic heterocycles. The van der Waals surface area contributed by atoms with Gasteiger partial charge in [0.25, 0.3) is 5.91 Å². The largest absolute Gasteiger partial charge is 0.493 e. The first-order chi connectivity index (χ1) is 15.5. The number of para-hydroxylation sites is 1. The van der Waals surface area contributed by atoms with Crippen LogP contribution >= 0.6 is 0 Å². The van der Waals surface area contributed by atoms with Crippen molar-refractivity contribution in [1.29, 1.82) is 0 Å². The standard InChI is InChI=1S/C25H31N3O4/c1-4-16-32-22-11-10-20(17-23(22)31-3)25(30)28-14-12-27(13-15-28)18-24(29)26-21-9-7-6-8-19(21)5-2/h4,6-11,17H,1,5,12-16,18H2,2-3H3,(H,26,29). The van der Waals surface area contributed by atoms with E-state index >= 15 is 0 Å². The molecule has 0 spiro atoms. The van der Waals surface area contributed by atoms with Crippen LogP contribution < -0.4 is 14.8 Å². The Bertz CT molecular complexity index is 952. The summed E-state index contributed by atoms with van der Waals surface area (Å²) in [6, 6.07) is 13.0. The molecule has 0 saturated carbocycles. The van der Waals surface area contributed by atoms with Crippen molar-refractivity contribution in [2.75, 3.05) is 51.8 Å². The zero-order valence-electron chi connectivity index (χ0n) is 18.8. The summed E-state index contributed by atoms with van der Waals surface area (Å²) in [5.74, 6) is 0.995. The number of hydrogen-bond donors (Lipinski definition) is 1. The van der Waals surface area contributed by atoms with Gasteiger partial charge in [0.1, 0.15) is 6.61 Å². The Kier molecular flexibility index (Phi) is 8.27. The molecule has 2 aromatic rings. The second kappa shape index (κ2) is 11.3. The molecule has 170 valence electrons. The number of anilines is 1. The zero-order valence-corrected chi connectivity index (χ0v) is 18.8. The Labute approximate surface area is 189 Å². The normalized spacial score (nSPS) is 14.0. The average molecular weight is 438 g/mol. The molecule has 7 heteroatoms. The van der Waals surface area contributed by atoms with Crippen LogP contribution in [0.2, 0.25) is 0 Å². The van der Waals surface area contributed by atoms with Gasteiger partial charge in [-0.25, -0.2) is 0 Å². The maximum Gasteiger partial charge on any atom is 0.254 e. The van der Waals surface area contributed by atoms with E-state index in [1.54, 1.807) is 36.3 Å². The number of carbonyl (C=O) groups excluding carboxylic acids is 2. The first kappa shape index (κ1) is 23.3. The molecule has 2 aromatic carbocycles. The molecule has 1 fully saturated rings. The molecule has 1 heterocycles. The zero-order chi connectivity index (χ0) is 22.9. The minimum atomic E-state index is -0.0560. The number of ether oxygens (including phenoxy) is 2. The highest BCUT2D eigenvalue weighted by atomic mass is 16.5. The molecular weight excluding hydrogens is 406 g/mol. The molecular formula is C25H31N3O4. The van der Waals surface area contributed by atoms with Crippen LogP contribution in [-0.4, -0.2) is 68.1 Å². The van der Waals surface area contributed by atoms with Crippen LogP contribution in [-0.2, 0) is 11.2 Å². The highest BCUT2D eigenvalue weighted by molar-refractivity contribution is 5.95. The average Bonchev–Trinajstić information content (AvgIpc) is 2.83. The molecule has 2 amide bonds. The molecule has 3 rings (SSSR count). The van der Waals surface area contributed by atoms with Gasteiger partial charge in [-0.05, 0) is 36.2 Å². The van der Waals surface area contributed by atoms with Crippen LogP contribution in [0, 0.1) is 0 Å². The Balaban J connectivity index is 1.53. The van der Waals surface area contributed by atoms with Gasteiger partial charge in [0, 0.05) is 37.4 Å². The van der Waals surface area contributed by atoms with Crippen molar-refractivity contribution >= 4 is 17.5 Å². The lowest BCUT2D eigenvalue weighted by atomic mass is 10.1. The van der Waals surface area contributed by atoms with Crippen molar-refractivity contribution in [3.8, 4) is 11.5 Å². The van der Waals surface area contributed by atoms with E-state index in [-0.39, 0.29) is 11.8 Å². The summed E-state index contributed by atoms with van der Waals surface area (Å²) in [5, 5.41) is 3.01. The highest BCUT2D eigenvalue weighted by Crippen LogP contribution is 2.28. The third kappa shape index (κ3) is 5.88. The maximum absolute atomic E-state index is 12.9. The van der Waals surface area contributed by atoms with Gasteiger partial charge in [0.2, 0.25) is 5.91 Å². The number of amides is 2. The second-order valence-corrected chi connectivity index (χ2v) is 7.59. The van der Waals surface area contributed by atoms with E-state index in [9.17, 15) is 9.59 Å². The number of nitrogens with zero attached hydrogens (tertiary/aromatic N) is 2. The fourth-order valence-electron chi connectivity index (χ4n) is 3.70. The number of methoxy groups -OCH3 is 1. The number of piperazine rings is 1. The van der Waals surface area contributed by atoms with Gasteiger partial charge in [-0.2, -0.15) is 0 Å². The van der Waals surface area contributed by atoms with Gasteiger partial charge >= 0.3 is 0 Å². The summed E-state index contributed by atoms with van der Waals surface area (Å²) in [6.07, 6.45) is 2.52. The predicted molar refractivity (Wildman–Crippen MR) is 125 cm³/mol. The first-order valence-corrected chi connectivity index (χ1v) is 10.9. The molecule has 0 bridgehead atoms. The van der Waals surface area contributed by atoms with Gasteiger partial charge < -0.3 is 19.7 Å². The van der Waals surface area contributed by atoms with E-state index in [2.05, 4.69) is 23.7 Å². The lowest BCUT2D eigenvalue weighted by molar-refractivity contribution is -0.117. The summed E-state index contributed by atoms with van der Waals surface area (Å²) >= 11 is 0. The van der Waals surface area contributed by atoms with Crippen molar-refractivity contribution in [2.24, 2.45) is 0 Å². The Morgan fingerprint density at radius 3 is 2.53 bits per heavy atom. The molecule has 1 aliphatic rings. The van der Waals surface area contributed by atoms with Crippen molar-refractivity contribution in [3.05, 3.63) is 66.2 Å². The Hall–Kier alpha value is -3.32. The number of benzene rings is 2. The maximum atomic E-state index is 12.9. The third-order valence-corrected chi connectivity index (χ3v) is 5.47. The van der Waals surface area contributed by atoms with E-state index in [0.29, 0.717) is 56.4 Å². The van der Waals surface area contributed by atoms with Gasteiger partial charge in [-0.1, -0.05) is 37.8 Å². The second-order valence-electron chi connectivity index (χ2n) is 7.59. The minimum Gasteiger partial charge on any atom is -0.493 e. The monoisotopic (exact) mass is 437 g/mol. The fourth-order valence-corrected chi connectivity index (χ4v) is 3.70. The van der Waals surface area contributed by atoms with Crippen LogP contribution in [0.5, 0.6) is 11.5 Å². The Morgan fingerprint density at radius 2 is 1.84 bits per heavy atom. The van der Waals surface area contributed by atoms with E-state index in [4.69, 9.17) is 9.47 Å². The number of rotatable bonds is 9. The molecule has 0 unspecified atom stereocenters. The summed E-state index contributed by atoms with van der Waals surface area (Å²) in [6.45, 7) is 8.79. The van der Waals surface area contributed by atoms with Gasteiger partial charge in [0.05, 0.1) is 13.7 Å². The van der Waals surface area contributed by atoms with Gasteiger partial charge in [0.15, 0.2) is 11.5 Å². The molecule has 0 radical (unpaired) electrons. The van der Waals surface area contributed by atoms with Crippen LogP contribution in [0.4, 0.5) is 5.69 Å². The number of aryl methyl sites for hydroxylation is 1. The van der Waals surface area contributed by atoms with Crippen molar-refractivity contribution < 1.29 is 19.1 Å². The third-order valence-electron chi connectivity index (χ3n) is 5.47. The van der Waals surface area contributed by atoms with Gasteiger partial charge in [-0.15, -0.1) is 0 Å². The minimum absolute atomic E-state index is 0.0366. The molecule has 0 atom stereocenters. The SMILES string of the molecule is C=CCOc1ccc(C(=O)N2CCN(CC(=O)Nc3ccccc3CC)CC2)cc1OC. The smallest absolute Gasteiger partial charge is 0.254 e. The molecule has 0 aliphatic carbocycles. The molecule has 0 aromatic heterocycles. The number of hydrogen-bond acceptors (Lipinski definition) is 5. The quantitative estimate of drug-likeness (QED) is 0.610.